The van der Waals surface area contributed by atoms with Crippen LogP contribution in [-0.4, -0.2) is 5.11 Å². The van der Waals surface area contributed by atoms with Gasteiger partial charge in [0.1, 0.15) is 11.6 Å². The largest absolute Gasteiger partial charge is 0.416 e. The molecule has 1 nitrogen and oxygen atoms in total. The van der Waals surface area contributed by atoms with Crippen LogP contribution in [0.1, 0.15) is 42.9 Å². The molecule has 3 rings (SSSR count). The van der Waals surface area contributed by atoms with Crippen molar-refractivity contribution in [1.29, 1.82) is 0 Å². The van der Waals surface area contributed by atoms with E-state index >= 15 is 4.39 Å². The molecule has 0 aliphatic heterocycles. The first-order chi connectivity index (χ1) is 14.8. The van der Waals surface area contributed by atoms with Crippen molar-refractivity contribution in [3.05, 3.63) is 82.9 Å². The summed E-state index contributed by atoms with van der Waals surface area (Å²) in [4.78, 5) is 0. The predicted octanol–water partition coefficient (Wildman–Crippen LogP) is 7.54. The number of unbranched alkanes of at least 4 members (excludes halogenated alkanes) is 2. The van der Waals surface area contributed by atoms with Crippen molar-refractivity contribution >= 4 is 0 Å². The molecule has 0 aromatic heterocycles. The fraction of sp³-hybridized carbons (Fsp3) is 0.280. The Kier molecular flexibility index (Phi) is 7.11. The zero-order valence-electron chi connectivity index (χ0n) is 17.1. The molecule has 0 aliphatic carbocycles. The molecule has 0 spiro atoms. The van der Waals surface area contributed by atoms with E-state index < -0.39 is 35.5 Å². The average Bonchev–Trinajstić information content (AvgIpc) is 2.74. The summed E-state index contributed by atoms with van der Waals surface area (Å²) in [6.07, 6.45) is -0.391. The highest BCUT2D eigenvalue weighted by molar-refractivity contribution is 5.84. The Balaban J connectivity index is 2.08. The highest BCUT2D eigenvalue weighted by Gasteiger charge is 2.30. The summed E-state index contributed by atoms with van der Waals surface area (Å²) >= 11 is 0. The normalized spacial score (nSPS) is 11.7. The van der Waals surface area contributed by atoms with E-state index in [0.717, 1.165) is 49.4 Å². The van der Waals surface area contributed by atoms with Crippen molar-refractivity contribution in [3.63, 3.8) is 0 Å². The Morgan fingerprint density at radius 3 is 2.00 bits per heavy atom. The lowest BCUT2D eigenvalue weighted by Crippen LogP contribution is -2.04. The first-order valence-corrected chi connectivity index (χ1v) is 10.1. The minimum absolute atomic E-state index is 0.0466. The molecule has 6 heteroatoms. The second-order valence-corrected chi connectivity index (χ2v) is 7.46. The third-order valence-electron chi connectivity index (χ3n) is 5.31. The molecular formula is C25H23F5O. The second-order valence-electron chi connectivity index (χ2n) is 7.46. The molecule has 164 valence electrons. The van der Waals surface area contributed by atoms with E-state index in [1.165, 1.54) is 12.1 Å². The van der Waals surface area contributed by atoms with Gasteiger partial charge in [-0.25, -0.2) is 8.78 Å². The molecule has 0 bridgehead atoms. The SMILES string of the molecule is CCCCCc1ccc(-c2c(-c3ccc(C(F)(F)F)cc3)cc(F)c(CO)c2F)cc1. The van der Waals surface area contributed by atoms with Gasteiger partial charge in [-0.15, -0.1) is 0 Å². The van der Waals surface area contributed by atoms with E-state index in [1.54, 1.807) is 12.1 Å². The second kappa shape index (κ2) is 9.60. The number of aliphatic hydroxyl groups is 1. The van der Waals surface area contributed by atoms with Crippen LogP contribution in [0.3, 0.4) is 0 Å². The van der Waals surface area contributed by atoms with Gasteiger partial charge < -0.3 is 5.11 Å². The number of rotatable bonds is 7. The Labute approximate surface area is 178 Å². The molecule has 0 radical (unpaired) electrons. The number of halogens is 5. The molecule has 3 aromatic carbocycles. The van der Waals surface area contributed by atoms with Gasteiger partial charge in [-0.1, -0.05) is 56.2 Å². The average molecular weight is 434 g/mol. The fourth-order valence-corrected chi connectivity index (χ4v) is 3.57. The summed E-state index contributed by atoms with van der Waals surface area (Å²) in [5.74, 6) is -1.87. The molecule has 0 fully saturated rings. The highest BCUT2D eigenvalue weighted by atomic mass is 19.4. The summed E-state index contributed by atoms with van der Waals surface area (Å²) < 4.78 is 68.3. The number of aliphatic hydroxyl groups excluding tert-OH is 1. The quantitative estimate of drug-likeness (QED) is 0.301. The zero-order valence-corrected chi connectivity index (χ0v) is 17.1. The Bertz CT molecular complexity index is 1020. The molecule has 3 aromatic rings. The molecule has 1 N–H and O–H groups in total. The highest BCUT2D eigenvalue weighted by Crippen LogP contribution is 2.38. The van der Waals surface area contributed by atoms with Gasteiger partial charge in [0.25, 0.3) is 0 Å². The Morgan fingerprint density at radius 1 is 0.839 bits per heavy atom. The third kappa shape index (κ3) is 5.13. The summed E-state index contributed by atoms with van der Waals surface area (Å²) in [6, 6.07) is 12.4. The molecule has 0 amide bonds. The molecular weight excluding hydrogens is 411 g/mol. The van der Waals surface area contributed by atoms with Crippen molar-refractivity contribution < 1.29 is 27.1 Å². The Hall–Kier alpha value is -2.73. The van der Waals surface area contributed by atoms with Gasteiger partial charge in [0.2, 0.25) is 0 Å². The van der Waals surface area contributed by atoms with Gasteiger partial charge in [-0.3, -0.25) is 0 Å². The van der Waals surface area contributed by atoms with Crippen LogP contribution in [0.25, 0.3) is 22.3 Å². The molecule has 0 saturated heterocycles. The van der Waals surface area contributed by atoms with Gasteiger partial charge in [-0.05, 0) is 53.3 Å². The van der Waals surface area contributed by atoms with Crippen LogP contribution >= 0.6 is 0 Å². The van der Waals surface area contributed by atoms with Crippen LogP contribution < -0.4 is 0 Å². The van der Waals surface area contributed by atoms with E-state index in [4.69, 9.17) is 0 Å². The van der Waals surface area contributed by atoms with Crippen molar-refractivity contribution in [2.45, 2.75) is 45.4 Å². The number of hydrogen-bond acceptors (Lipinski definition) is 1. The molecule has 0 atom stereocenters. The van der Waals surface area contributed by atoms with Gasteiger partial charge in [0.15, 0.2) is 0 Å². The summed E-state index contributed by atoms with van der Waals surface area (Å²) in [6.45, 7) is 1.29. The van der Waals surface area contributed by atoms with Gasteiger partial charge in [0.05, 0.1) is 12.2 Å². The zero-order chi connectivity index (χ0) is 22.6. The first kappa shape index (κ1) is 22.9. The fourth-order valence-electron chi connectivity index (χ4n) is 3.57. The van der Waals surface area contributed by atoms with E-state index in [1.807, 2.05) is 12.1 Å². The molecule has 0 saturated carbocycles. The van der Waals surface area contributed by atoms with Crippen LogP contribution in [-0.2, 0) is 19.2 Å². The van der Waals surface area contributed by atoms with Gasteiger partial charge in [-0.2, -0.15) is 13.2 Å². The van der Waals surface area contributed by atoms with E-state index in [9.17, 15) is 22.7 Å². The van der Waals surface area contributed by atoms with E-state index in [0.29, 0.717) is 5.56 Å². The smallest absolute Gasteiger partial charge is 0.391 e. The topological polar surface area (TPSA) is 20.2 Å². The lowest BCUT2D eigenvalue weighted by molar-refractivity contribution is -0.137. The lowest BCUT2D eigenvalue weighted by atomic mass is 9.90. The molecule has 0 heterocycles. The number of benzene rings is 3. The van der Waals surface area contributed by atoms with E-state index in [2.05, 4.69) is 6.92 Å². The Morgan fingerprint density at radius 2 is 1.45 bits per heavy atom. The lowest BCUT2D eigenvalue weighted by Gasteiger charge is -2.16. The molecule has 0 aliphatic rings. The van der Waals surface area contributed by atoms with Crippen LogP contribution in [0, 0.1) is 11.6 Å². The summed E-state index contributed by atoms with van der Waals surface area (Å²) in [5, 5.41) is 9.42. The van der Waals surface area contributed by atoms with Crippen molar-refractivity contribution in [1.82, 2.24) is 0 Å². The standard InChI is InChI=1S/C25H23F5O/c1-2-3-4-5-16-6-8-18(9-7-16)23-20(14-22(26)21(15-31)24(23)27)17-10-12-19(13-11-17)25(28,29)30/h6-14,31H,2-5,15H2,1H3. The van der Waals surface area contributed by atoms with Crippen molar-refractivity contribution in [2.24, 2.45) is 0 Å². The summed E-state index contributed by atoms with van der Waals surface area (Å²) in [7, 11) is 0. The minimum atomic E-state index is -4.51. The maximum atomic E-state index is 15.2. The monoisotopic (exact) mass is 434 g/mol. The van der Waals surface area contributed by atoms with Crippen LogP contribution in [0.2, 0.25) is 0 Å². The van der Waals surface area contributed by atoms with Crippen LogP contribution in [0.5, 0.6) is 0 Å². The van der Waals surface area contributed by atoms with E-state index in [-0.39, 0.29) is 16.7 Å². The summed E-state index contributed by atoms with van der Waals surface area (Å²) in [5.41, 5.74) is 0.640. The molecule has 0 unspecified atom stereocenters. The predicted molar refractivity (Wildman–Crippen MR) is 111 cm³/mol. The number of aryl methyl sites for hydroxylation is 1. The number of alkyl halides is 3. The van der Waals surface area contributed by atoms with Gasteiger partial charge >= 0.3 is 6.18 Å². The maximum absolute atomic E-state index is 15.2. The van der Waals surface area contributed by atoms with Gasteiger partial charge in [0, 0.05) is 11.1 Å². The third-order valence-corrected chi connectivity index (χ3v) is 5.31. The maximum Gasteiger partial charge on any atom is 0.416 e. The number of hydrogen-bond donors (Lipinski definition) is 1. The minimum Gasteiger partial charge on any atom is -0.391 e. The first-order valence-electron chi connectivity index (χ1n) is 10.1. The van der Waals surface area contributed by atoms with Crippen molar-refractivity contribution in [2.75, 3.05) is 0 Å². The van der Waals surface area contributed by atoms with Crippen LogP contribution in [0.4, 0.5) is 22.0 Å². The van der Waals surface area contributed by atoms with Crippen molar-refractivity contribution in [3.8, 4) is 22.3 Å². The molecule has 31 heavy (non-hydrogen) atoms. The van der Waals surface area contributed by atoms with Crippen LogP contribution in [0.15, 0.2) is 54.6 Å².